The van der Waals surface area contributed by atoms with Crippen LogP contribution in [0.3, 0.4) is 0 Å². The van der Waals surface area contributed by atoms with Gasteiger partial charge in [0.25, 0.3) is 0 Å². The van der Waals surface area contributed by atoms with Gasteiger partial charge in [0.1, 0.15) is 11.6 Å². The van der Waals surface area contributed by atoms with Crippen molar-refractivity contribution in [3.8, 4) is 0 Å². The summed E-state index contributed by atoms with van der Waals surface area (Å²) in [5.74, 6) is -1.97. The molecule has 0 saturated carbocycles. The van der Waals surface area contributed by atoms with Gasteiger partial charge in [-0.1, -0.05) is 38.4 Å². The Bertz CT molecular complexity index is 617. The standard InChI is InChI=1S/C14H19ClFNO3S/c1-4-21(19,20)8-13(18)17-14(9(2)3)11-6-5-10(15)7-12(11)16/h5-7,9,14H,4,8H2,1-3H3,(H,17,18)/t14-/m0/s1. The van der Waals surface area contributed by atoms with Gasteiger partial charge in [0.2, 0.25) is 5.91 Å². The van der Waals surface area contributed by atoms with Gasteiger partial charge in [-0.25, -0.2) is 12.8 Å². The largest absolute Gasteiger partial charge is 0.348 e. The van der Waals surface area contributed by atoms with Crippen LogP contribution >= 0.6 is 11.6 Å². The number of benzene rings is 1. The first kappa shape index (κ1) is 17.9. The lowest BCUT2D eigenvalue weighted by atomic mass is 9.95. The summed E-state index contributed by atoms with van der Waals surface area (Å²) in [5.41, 5.74) is 0.289. The van der Waals surface area contributed by atoms with Gasteiger partial charge in [-0.2, -0.15) is 0 Å². The maximum Gasteiger partial charge on any atom is 0.235 e. The molecule has 4 nitrogen and oxygen atoms in total. The Labute approximate surface area is 129 Å². The first-order valence-corrected chi connectivity index (χ1v) is 8.81. The fraction of sp³-hybridized carbons (Fsp3) is 0.500. The predicted molar refractivity (Wildman–Crippen MR) is 81.5 cm³/mol. The lowest BCUT2D eigenvalue weighted by Crippen LogP contribution is -2.36. The first-order valence-electron chi connectivity index (χ1n) is 6.61. The number of carbonyl (C=O) groups excluding carboxylic acids is 1. The average molecular weight is 336 g/mol. The molecule has 0 bridgehead atoms. The van der Waals surface area contributed by atoms with Crippen molar-refractivity contribution in [3.05, 3.63) is 34.6 Å². The monoisotopic (exact) mass is 335 g/mol. The molecule has 1 rings (SSSR count). The number of carbonyl (C=O) groups is 1. The summed E-state index contributed by atoms with van der Waals surface area (Å²) in [6.07, 6.45) is 0. The molecule has 0 aliphatic heterocycles. The molecule has 0 fully saturated rings. The predicted octanol–water partition coefficient (Wildman–Crippen LogP) is 2.73. The molecule has 0 saturated heterocycles. The summed E-state index contributed by atoms with van der Waals surface area (Å²) in [5, 5.41) is 2.84. The molecular formula is C14H19ClFNO3S. The molecule has 1 atom stereocenters. The van der Waals surface area contributed by atoms with Crippen molar-refractivity contribution in [3.63, 3.8) is 0 Å². The molecule has 7 heteroatoms. The Hall–Kier alpha value is -1.14. The highest BCUT2D eigenvalue weighted by Gasteiger charge is 2.23. The minimum Gasteiger partial charge on any atom is -0.348 e. The van der Waals surface area contributed by atoms with Crippen LogP contribution in [0.1, 0.15) is 32.4 Å². The molecule has 0 heterocycles. The van der Waals surface area contributed by atoms with E-state index in [4.69, 9.17) is 11.6 Å². The van der Waals surface area contributed by atoms with E-state index in [9.17, 15) is 17.6 Å². The van der Waals surface area contributed by atoms with Crippen LogP contribution in [-0.4, -0.2) is 25.8 Å². The van der Waals surface area contributed by atoms with E-state index in [-0.39, 0.29) is 22.3 Å². The maximum absolute atomic E-state index is 14.0. The third-order valence-electron chi connectivity index (χ3n) is 3.07. The van der Waals surface area contributed by atoms with Gasteiger partial charge in [-0.05, 0) is 18.1 Å². The first-order chi connectivity index (χ1) is 9.66. The van der Waals surface area contributed by atoms with Crippen molar-refractivity contribution < 1.29 is 17.6 Å². The smallest absolute Gasteiger partial charge is 0.235 e. The fourth-order valence-corrected chi connectivity index (χ4v) is 2.72. The Morgan fingerprint density at radius 1 is 1.38 bits per heavy atom. The van der Waals surface area contributed by atoms with Gasteiger partial charge < -0.3 is 5.32 Å². The molecule has 118 valence electrons. The van der Waals surface area contributed by atoms with Crippen LogP contribution in [0.25, 0.3) is 0 Å². The number of hydrogen-bond donors (Lipinski definition) is 1. The lowest BCUT2D eigenvalue weighted by molar-refractivity contribution is -0.119. The summed E-state index contributed by atoms with van der Waals surface area (Å²) in [4.78, 5) is 11.8. The summed E-state index contributed by atoms with van der Waals surface area (Å²) in [6, 6.07) is 3.59. The van der Waals surface area contributed by atoms with E-state index in [1.54, 1.807) is 0 Å². The molecule has 0 aromatic heterocycles. The highest BCUT2D eigenvalue weighted by Crippen LogP contribution is 2.26. The molecule has 0 unspecified atom stereocenters. The van der Waals surface area contributed by atoms with Crippen LogP contribution in [0.15, 0.2) is 18.2 Å². The third-order valence-corrected chi connectivity index (χ3v) is 4.89. The molecule has 0 aliphatic rings. The molecule has 0 aliphatic carbocycles. The van der Waals surface area contributed by atoms with E-state index < -0.39 is 33.4 Å². The van der Waals surface area contributed by atoms with Crippen LogP contribution < -0.4 is 5.32 Å². The molecule has 1 aromatic rings. The van der Waals surface area contributed by atoms with Gasteiger partial charge in [-0.15, -0.1) is 0 Å². The van der Waals surface area contributed by atoms with E-state index in [0.29, 0.717) is 0 Å². The number of amides is 1. The zero-order chi connectivity index (χ0) is 16.2. The van der Waals surface area contributed by atoms with E-state index >= 15 is 0 Å². The third kappa shape index (κ3) is 5.28. The van der Waals surface area contributed by atoms with Crippen molar-refractivity contribution in [1.29, 1.82) is 0 Å². The van der Waals surface area contributed by atoms with Crippen LogP contribution in [0.2, 0.25) is 5.02 Å². The Morgan fingerprint density at radius 3 is 2.48 bits per heavy atom. The summed E-state index contributed by atoms with van der Waals surface area (Å²) in [6.45, 7) is 5.10. The molecule has 0 radical (unpaired) electrons. The zero-order valence-corrected chi connectivity index (χ0v) is 13.8. The molecule has 21 heavy (non-hydrogen) atoms. The normalized spacial score (nSPS) is 13.2. The topological polar surface area (TPSA) is 63.2 Å². The van der Waals surface area contributed by atoms with Crippen LogP contribution in [-0.2, 0) is 14.6 Å². The molecular weight excluding hydrogens is 317 g/mol. The average Bonchev–Trinajstić information content (AvgIpc) is 2.36. The second-order valence-corrected chi connectivity index (χ2v) is 7.92. The second-order valence-electron chi connectivity index (χ2n) is 5.13. The van der Waals surface area contributed by atoms with Gasteiger partial charge in [0, 0.05) is 16.3 Å². The summed E-state index contributed by atoms with van der Waals surface area (Å²) < 4.78 is 36.9. The molecule has 1 amide bonds. The highest BCUT2D eigenvalue weighted by atomic mass is 35.5. The summed E-state index contributed by atoms with van der Waals surface area (Å²) in [7, 11) is -3.42. The van der Waals surface area contributed by atoms with E-state index in [1.165, 1.54) is 25.1 Å². The minimum atomic E-state index is -3.42. The number of hydrogen-bond acceptors (Lipinski definition) is 3. The van der Waals surface area contributed by atoms with Crippen LogP contribution in [0.4, 0.5) is 4.39 Å². The second kappa shape index (κ2) is 7.22. The van der Waals surface area contributed by atoms with E-state index in [0.717, 1.165) is 0 Å². The lowest BCUT2D eigenvalue weighted by Gasteiger charge is -2.23. The fourth-order valence-electron chi connectivity index (χ4n) is 1.87. The number of nitrogens with one attached hydrogen (secondary N) is 1. The molecule has 0 spiro atoms. The van der Waals surface area contributed by atoms with Gasteiger partial charge >= 0.3 is 0 Å². The van der Waals surface area contributed by atoms with Crippen LogP contribution in [0.5, 0.6) is 0 Å². The maximum atomic E-state index is 14.0. The van der Waals surface area contributed by atoms with Crippen molar-refractivity contribution in [2.24, 2.45) is 5.92 Å². The Balaban J connectivity index is 2.96. The Morgan fingerprint density at radius 2 is 2.00 bits per heavy atom. The van der Waals surface area contributed by atoms with Gasteiger partial charge in [-0.3, -0.25) is 4.79 Å². The number of sulfone groups is 1. The zero-order valence-electron chi connectivity index (χ0n) is 12.2. The molecule has 1 N–H and O–H groups in total. The van der Waals surface area contributed by atoms with E-state index in [1.807, 2.05) is 13.8 Å². The van der Waals surface area contributed by atoms with E-state index in [2.05, 4.69) is 5.32 Å². The quantitative estimate of drug-likeness (QED) is 0.869. The van der Waals surface area contributed by atoms with Crippen LogP contribution in [0, 0.1) is 11.7 Å². The van der Waals surface area contributed by atoms with Crippen molar-refractivity contribution in [2.75, 3.05) is 11.5 Å². The van der Waals surface area contributed by atoms with Gasteiger partial charge in [0.15, 0.2) is 9.84 Å². The number of halogens is 2. The summed E-state index contributed by atoms with van der Waals surface area (Å²) >= 11 is 5.71. The minimum absolute atomic E-state index is 0.103. The van der Waals surface area contributed by atoms with Gasteiger partial charge in [0.05, 0.1) is 6.04 Å². The number of rotatable bonds is 6. The molecule has 1 aromatic carbocycles. The highest BCUT2D eigenvalue weighted by molar-refractivity contribution is 7.92. The Kier molecular flexibility index (Phi) is 6.16. The van der Waals surface area contributed by atoms with Crippen molar-refractivity contribution >= 4 is 27.3 Å². The van der Waals surface area contributed by atoms with Crippen molar-refractivity contribution in [2.45, 2.75) is 26.8 Å². The van der Waals surface area contributed by atoms with Crippen molar-refractivity contribution in [1.82, 2.24) is 5.32 Å². The SMILES string of the molecule is CCS(=O)(=O)CC(=O)N[C@H](c1ccc(Cl)cc1F)C(C)C.